The van der Waals surface area contributed by atoms with E-state index in [1.54, 1.807) is 23.5 Å². The van der Waals surface area contributed by atoms with Gasteiger partial charge in [0.05, 0.1) is 20.9 Å². The van der Waals surface area contributed by atoms with E-state index in [0.29, 0.717) is 16.4 Å². The quantitative estimate of drug-likeness (QED) is 0.726. The zero-order valence-electron chi connectivity index (χ0n) is 9.24. The number of fused-ring (bicyclic) bond motifs is 1. The van der Waals surface area contributed by atoms with Crippen molar-refractivity contribution < 1.29 is 4.79 Å². The van der Waals surface area contributed by atoms with E-state index in [1.165, 1.54) is 0 Å². The van der Waals surface area contributed by atoms with Crippen molar-refractivity contribution in [3.63, 3.8) is 0 Å². The minimum absolute atomic E-state index is 0.188. The molecule has 0 saturated carbocycles. The maximum absolute atomic E-state index is 12.0. The number of aromatic amines is 1. The third-order valence-corrected chi connectivity index (χ3v) is 3.80. The molecule has 3 nitrogen and oxygen atoms in total. The second kappa shape index (κ2) is 4.48. The fourth-order valence-electron chi connectivity index (χ4n) is 1.72. The summed E-state index contributed by atoms with van der Waals surface area (Å²) < 4.78 is 1.07. The van der Waals surface area contributed by atoms with E-state index in [1.807, 2.05) is 29.6 Å². The molecule has 0 saturated heterocycles. The first-order chi connectivity index (χ1) is 8.74. The van der Waals surface area contributed by atoms with E-state index in [0.717, 1.165) is 10.2 Å². The first-order valence-corrected chi connectivity index (χ1v) is 6.62. The van der Waals surface area contributed by atoms with Crippen LogP contribution < -0.4 is 5.32 Å². The minimum Gasteiger partial charge on any atom is -0.350 e. The van der Waals surface area contributed by atoms with Crippen LogP contribution in [-0.4, -0.2) is 10.9 Å². The summed E-state index contributed by atoms with van der Waals surface area (Å²) in [4.78, 5) is 15.1. The van der Waals surface area contributed by atoms with Gasteiger partial charge in [-0.2, -0.15) is 0 Å². The molecule has 0 atom stereocenters. The van der Waals surface area contributed by atoms with Crippen LogP contribution in [-0.2, 0) is 0 Å². The molecule has 18 heavy (non-hydrogen) atoms. The molecule has 0 fully saturated rings. The number of hydrogen-bond donors (Lipinski definition) is 2. The summed E-state index contributed by atoms with van der Waals surface area (Å²) in [5.74, 6) is -0.188. The number of para-hydroxylation sites is 1. The highest BCUT2D eigenvalue weighted by Gasteiger charge is 2.11. The molecule has 0 unspecified atom stereocenters. The predicted octanol–water partition coefficient (Wildman–Crippen LogP) is 4.14. The third-order valence-electron chi connectivity index (χ3n) is 2.61. The number of amides is 1. The molecule has 5 heteroatoms. The number of benzene rings is 1. The third kappa shape index (κ3) is 2.00. The molecule has 0 aliphatic rings. The highest BCUT2D eigenvalue weighted by atomic mass is 35.5. The van der Waals surface area contributed by atoms with Gasteiger partial charge in [-0.1, -0.05) is 23.7 Å². The Kier molecular flexibility index (Phi) is 2.81. The van der Waals surface area contributed by atoms with Crippen molar-refractivity contribution in [2.24, 2.45) is 0 Å². The monoisotopic (exact) mass is 276 g/mol. The smallest absolute Gasteiger partial charge is 0.272 e. The molecule has 2 heterocycles. The molecule has 2 N–H and O–H groups in total. The number of halogens is 1. The first kappa shape index (κ1) is 11.3. The van der Waals surface area contributed by atoms with Crippen LogP contribution in [0.3, 0.4) is 0 Å². The molecule has 0 aliphatic heterocycles. The normalized spacial score (nSPS) is 10.7. The number of carbonyl (C=O) groups excluding carboxylic acids is 1. The van der Waals surface area contributed by atoms with Crippen LogP contribution in [0.25, 0.3) is 10.2 Å². The van der Waals surface area contributed by atoms with Crippen molar-refractivity contribution in [2.45, 2.75) is 0 Å². The molecular weight excluding hydrogens is 268 g/mol. The Morgan fingerprint density at radius 1 is 1.28 bits per heavy atom. The van der Waals surface area contributed by atoms with Crippen molar-refractivity contribution in [3.05, 3.63) is 52.5 Å². The summed E-state index contributed by atoms with van der Waals surface area (Å²) in [5.41, 5.74) is 2.13. The highest BCUT2D eigenvalue weighted by molar-refractivity contribution is 7.17. The summed E-state index contributed by atoms with van der Waals surface area (Å²) in [6, 6.07) is 11.0. The lowest BCUT2D eigenvalue weighted by atomic mass is 10.3. The molecule has 0 radical (unpaired) electrons. The Morgan fingerprint density at radius 2 is 2.11 bits per heavy atom. The van der Waals surface area contributed by atoms with Crippen LogP contribution in [0.4, 0.5) is 5.69 Å². The molecular formula is C13H9ClN2OS. The van der Waals surface area contributed by atoms with E-state index in [2.05, 4.69) is 10.3 Å². The zero-order chi connectivity index (χ0) is 12.5. The van der Waals surface area contributed by atoms with Gasteiger partial charge in [0, 0.05) is 0 Å². The maximum atomic E-state index is 12.0. The van der Waals surface area contributed by atoms with Crippen LogP contribution in [0.1, 0.15) is 10.5 Å². The molecule has 1 aromatic carbocycles. The van der Waals surface area contributed by atoms with Gasteiger partial charge in [-0.05, 0) is 29.6 Å². The SMILES string of the molecule is O=C(Nc1ccccc1Cl)c1cc2sccc2[nH]1. The van der Waals surface area contributed by atoms with E-state index in [4.69, 9.17) is 11.6 Å². The van der Waals surface area contributed by atoms with Crippen molar-refractivity contribution in [2.75, 3.05) is 5.32 Å². The largest absolute Gasteiger partial charge is 0.350 e. The molecule has 3 rings (SSSR count). The second-order valence-electron chi connectivity index (χ2n) is 3.82. The Labute approximate surface area is 112 Å². The number of nitrogens with one attached hydrogen (secondary N) is 2. The number of aromatic nitrogens is 1. The van der Waals surface area contributed by atoms with E-state index < -0.39 is 0 Å². The van der Waals surface area contributed by atoms with Crippen LogP contribution in [0, 0.1) is 0 Å². The first-order valence-electron chi connectivity index (χ1n) is 5.36. The lowest BCUT2D eigenvalue weighted by molar-refractivity contribution is 0.102. The number of thiophene rings is 1. The summed E-state index contributed by atoms with van der Waals surface area (Å²) in [7, 11) is 0. The van der Waals surface area contributed by atoms with Gasteiger partial charge in [-0.15, -0.1) is 11.3 Å². The predicted molar refractivity (Wildman–Crippen MR) is 75.6 cm³/mol. The number of H-pyrrole nitrogens is 1. The fraction of sp³-hybridized carbons (Fsp3) is 0. The van der Waals surface area contributed by atoms with Crippen LogP contribution in [0.5, 0.6) is 0 Å². The Bertz CT molecular complexity index is 688. The van der Waals surface area contributed by atoms with Gasteiger partial charge < -0.3 is 10.3 Å². The van der Waals surface area contributed by atoms with Gasteiger partial charge in [-0.3, -0.25) is 4.79 Å². The Balaban J connectivity index is 1.87. The molecule has 0 spiro atoms. The summed E-state index contributed by atoms with van der Waals surface area (Å²) in [6.07, 6.45) is 0. The Hall–Kier alpha value is -1.78. The topological polar surface area (TPSA) is 44.9 Å². The van der Waals surface area contributed by atoms with Crippen molar-refractivity contribution in [1.82, 2.24) is 4.98 Å². The van der Waals surface area contributed by atoms with E-state index in [9.17, 15) is 4.79 Å². The average molecular weight is 277 g/mol. The highest BCUT2D eigenvalue weighted by Crippen LogP contribution is 2.24. The van der Waals surface area contributed by atoms with Crippen molar-refractivity contribution in [1.29, 1.82) is 0 Å². The van der Waals surface area contributed by atoms with Gasteiger partial charge in [0.15, 0.2) is 0 Å². The zero-order valence-corrected chi connectivity index (χ0v) is 10.8. The van der Waals surface area contributed by atoms with E-state index >= 15 is 0 Å². The molecule has 0 aliphatic carbocycles. The number of anilines is 1. The van der Waals surface area contributed by atoms with Gasteiger partial charge >= 0.3 is 0 Å². The summed E-state index contributed by atoms with van der Waals surface area (Å²) in [6.45, 7) is 0. The number of hydrogen-bond acceptors (Lipinski definition) is 2. The molecule has 0 bridgehead atoms. The van der Waals surface area contributed by atoms with Crippen LogP contribution in [0.15, 0.2) is 41.8 Å². The molecule has 2 aromatic heterocycles. The van der Waals surface area contributed by atoms with Gasteiger partial charge in [0.25, 0.3) is 5.91 Å². The minimum atomic E-state index is -0.188. The fourth-order valence-corrected chi connectivity index (χ4v) is 2.69. The number of carbonyl (C=O) groups is 1. The lowest BCUT2D eigenvalue weighted by Crippen LogP contribution is -2.12. The van der Waals surface area contributed by atoms with E-state index in [-0.39, 0.29) is 5.91 Å². The standard InChI is InChI=1S/C13H9ClN2OS/c14-8-3-1-2-4-9(8)16-13(17)11-7-12-10(15-11)5-6-18-12/h1-7,15H,(H,16,17). The average Bonchev–Trinajstić information content (AvgIpc) is 2.92. The lowest BCUT2D eigenvalue weighted by Gasteiger charge is -2.05. The molecule has 3 aromatic rings. The van der Waals surface area contributed by atoms with Gasteiger partial charge in [0.1, 0.15) is 5.69 Å². The molecule has 1 amide bonds. The molecule has 90 valence electrons. The van der Waals surface area contributed by atoms with Gasteiger partial charge in [0.2, 0.25) is 0 Å². The second-order valence-corrected chi connectivity index (χ2v) is 5.17. The number of rotatable bonds is 2. The van der Waals surface area contributed by atoms with Crippen molar-refractivity contribution in [3.8, 4) is 0 Å². The van der Waals surface area contributed by atoms with Crippen LogP contribution in [0.2, 0.25) is 5.02 Å². The Morgan fingerprint density at radius 3 is 2.89 bits per heavy atom. The van der Waals surface area contributed by atoms with Crippen molar-refractivity contribution >= 4 is 44.7 Å². The van der Waals surface area contributed by atoms with Crippen LogP contribution >= 0.6 is 22.9 Å². The maximum Gasteiger partial charge on any atom is 0.272 e. The summed E-state index contributed by atoms with van der Waals surface area (Å²) in [5, 5.41) is 5.29. The summed E-state index contributed by atoms with van der Waals surface area (Å²) >= 11 is 7.59. The van der Waals surface area contributed by atoms with Gasteiger partial charge in [-0.25, -0.2) is 0 Å².